The van der Waals surface area contributed by atoms with Crippen molar-refractivity contribution in [3.8, 4) is 0 Å². The number of nitrogens with one attached hydrogen (secondary N) is 1. The second kappa shape index (κ2) is 6.36. The Morgan fingerprint density at radius 2 is 2.42 bits per heavy atom. The topological polar surface area (TPSA) is 54.3 Å². The lowest BCUT2D eigenvalue weighted by Gasteiger charge is -2.12. The van der Waals surface area contributed by atoms with Crippen LogP contribution in [-0.4, -0.2) is 22.1 Å². The van der Waals surface area contributed by atoms with E-state index in [0.717, 1.165) is 10.2 Å². The highest BCUT2D eigenvalue weighted by atomic mass is 79.9. The maximum absolute atomic E-state index is 11.8. The molecule has 1 atom stereocenters. The highest BCUT2D eigenvalue weighted by molar-refractivity contribution is 9.10. The number of aromatic nitrogens is 1. The number of nitrogens with zero attached hydrogens (tertiary/aromatic N) is 1. The Balaban J connectivity index is 1.81. The predicted octanol–water partition coefficient (Wildman–Crippen LogP) is 2.70. The highest BCUT2D eigenvalue weighted by Gasteiger charge is 2.12. The van der Waals surface area contributed by atoms with Crippen LogP contribution in [-0.2, 0) is 7.05 Å². The molecule has 0 aliphatic rings. The van der Waals surface area contributed by atoms with Gasteiger partial charge in [-0.05, 0) is 40.5 Å². The van der Waals surface area contributed by atoms with Crippen LogP contribution in [0, 0.1) is 0 Å². The summed E-state index contributed by atoms with van der Waals surface area (Å²) in [5.41, 5.74) is 0.855. The van der Waals surface area contributed by atoms with Crippen molar-refractivity contribution in [3.63, 3.8) is 0 Å². The smallest absolute Gasteiger partial charge is 0.261 e. The Labute approximate surface area is 124 Å². The molecule has 0 aromatic carbocycles. The molecule has 1 amide bonds. The summed E-state index contributed by atoms with van der Waals surface area (Å²) in [5.74, 6) is -0.102. The predicted molar refractivity (Wildman–Crippen MR) is 79.3 cm³/mol. The molecule has 6 heteroatoms. The average molecular weight is 343 g/mol. The third-order valence-electron chi connectivity index (χ3n) is 2.82. The van der Waals surface area contributed by atoms with E-state index in [0.29, 0.717) is 17.8 Å². The maximum Gasteiger partial charge on any atom is 0.261 e. The van der Waals surface area contributed by atoms with Crippen molar-refractivity contribution in [2.24, 2.45) is 7.05 Å². The molecule has 0 aliphatic carbocycles. The second-order valence-electron chi connectivity index (χ2n) is 4.23. The quantitative estimate of drug-likeness (QED) is 0.877. The Kier molecular flexibility index (Phi) is 4.79. The van der Waals surface area contributed by atoms with Crippen LogP contribution in [0.15, 0.2) is 34.2 Å². The van der Waals surface area contributed by atoms with Gasteiger partial charge in [-0.15, -0.1) is 11.3 Å². The molecule has 2 aromatic heterocycles. The minimum Gasteiger partial charge on any atom is -0.387 e. The van der Waals surface area contributed by atoms with Crippen LogP contribution in [0.1, 0.15) is 27.9 Å². The molecule has 0 saturated heterocycles. The minimum absolute atomic E-state index is 0.102. The fourth-order valence-electron chi connectivity index (χ4n) is 1.81. The van der Waals surface area contributed by atoms with Gasteiger partial charge in [0.1, 0.15) is 0 Å². The Bertz CT molecular complexity index is 564. The average Bonchev–Trinajstić information content (AvgIpc) is 2.97. The first kappa shape index (κ1) is 14.3. The number of hydrogen-bond acceptors (Lipinski definition) is 3. The number of carbonyl (C=O) groups excluding carboxylic acids is 1. The van der Waals surface area contributed by atoms with E-state index in [1.54, 1.807) is 6.07 Å². The summed E-state index contributed by atoms with van der Waals surface area (Å²) in [4.78, 5) is 12.5. The molecule has 2 N–H and O–H groups in total. The second-order valence-corrected chi connectivity index (χ2v) is 6.06. The van der Waals surface area contributed by atoms with Crippen molar-refractivity contribution in [1.82, 2.24) is 9.88 Å². The van der Waals surface area contributed by atoms with E-state index in [1.165, 1.54) is 11.3 Å². The summed E-state index contributed by atoms with van der Waals surface area (Å²) in [6.45, 7) is 0.445. The van der Waals surface area contributed by atoms with Gasteiger partial charge >= 0.3 is 0 Å². The van der Waals surface area contributed by atoms with Crippen molar-refractivity contribution in [2.45, 2.75) is 12.5 Å². The first-order valence-electron chi connectivity index (χ1n) is 5.89. The zero-order valence-corrected chi connectivity index (χ0v) is 12.9. The molecule has 2 aromatic rings. The van der Waals surface area contributed by atoms with Crippen LogP contribution in [0.25, 0.3) is 0 Å². The van der Waals surface area contributed by atoms with Gasteiger partial charge in [-0.2, -0.15) is 0 Å². The van der Waals surface area contributed by atoms with E-state index >= 15 is 0 Å². The van der Waals surface area contributed by atoms with Crippen LogP contribution in [0.3, 0.4) is 0 Å². The van der Waals surface area contributed by atoms with Crippen LogP contribution >= 0.6 is 27.3 Å². The van der Waals surface area contributed by atoms with Crippen LogP contribution in [0.2, 0.25) is 0 Å². The molecule has 19 heavy (non-hydrogen) atoms. The number of rotatable bonds is 5. The number of aliphatic hydroxyl groups is 1. The monoisotopic (exact) mass is 342 g/mol. The van der Waals surface area contributed by atoms with E-state index in [9.17, 15) is 9.90 Å². The van der Waals surface area contributed by atoms with Gasteiger partial charge < -0.3 is 15.0 Å². The van der Waals surface area contributed by atoms with Gasteiger partial charge in [0.2, 0.25) is 0 Å². The van der Waals surface area contributed by atoms with E-state index in [-0.39, 0.29) is 5.91 Å². The lowest BCUT2D eigenvalue weighted by Crippen LogP contribution is -2.25. The summed E-state index contributed by atoms with van der Waals surface area (Å²) in [7, 11) is 1.89. The van der Waals surface area contributed by atoms with Crippen molar-refractivity contribution in [2.75, 3.05) is 6.54 Å². The molecule has 0 radical (unpaired) electrons. The molecule has 2 heterocycles. The Hall–Kier alpha value is -1.11. The molecule has 2 rings (SSSR count). The summed E-state index contributed by atoms with van der Waals surface area (Å²) in [5, 5.41) is 14.7. The molecule has 0 spiro atoms. The standard InChI is InChI=1S/C13H15BrN2O2S/c1-16-6-2-3-10(16)11(17)4-5-15-13(18)12-7-9(14)8-19-12/h2-3,6-8,11,17H,4-5H2,1H3,(H,15,18). The van der Waals surface area contributed by atoms with Gasteiger partial charge in [-0.3, -0.25) is 4.79 Å². The van der Waals surface area contributed by atoms with Crippen molar-refractivity contribution < 1.29 is 9.90 Å². The SMILES string of the molecule is Cn1cccc1C(O)CCNC(=O)c1cc(Br)cs1. The van der Waals surface area contributed by atoms with E-state index in [2.05, 4.69) is 21.2 Å². The maximum atomic E-state index is 11.8. The molecule has 0 fully saturated rings. The zero-order valence-electron chi connectivity index (χ0n) is 10.5. The molecule has 102 valence electrons. The number of thiophene rings is 1. The van der Waals surface area contributed by atoms with Gasteiger partial charge in [-0.1, -0.05) is 0 Å². The van der Waals surface area contributed by atoms with Crippen molar-refractivity contribution in [3.05, 3.63) is 44.8 Å². The van der Waals surface area contributed by atoms with Crippen LogP contribution < -0.4 is 5.32 Å². The van der Waals surface area contributed by atoms with Gasteiger partial charge in [0.15, 0.2) is 0 Å². The number of halogens is 1. The Morgan fingerprint density at radius 1 is 1.63 bits per heavy atom. The molecular weight excluding hydrogens is 328 g/mol. The van der Waals surface area contributed by atoms with E-state index in [4.69, 9.17) is 0 Å². The largest absolute Gasteiger partial charge is 0.387 e. The fourth-order valence-corrected chi connectivity index (χ4v) is 3.15. The van der Waals surface area contributed by atoms with Crippen LogP contribution in [0.4, 0.5) is 0 Å². The molecule has 0 aliphatic heterocycles. The summed E-state index contributed by atoms with van der Waals surface area (Å²) < 4.78 is 2.79. The lowest BCUT2D eigenvalue weighted by molar-refractivity contribution is 0.0945. The van der Waals surface area contributed by atoms with Gasteiger partial charge in [0, 0.05) is 35.3 Å². The minimum atomic E-state index is -0.560. The summed E-state index contributed by atoms with van der Waals surface area (Å²) in [6, 6.07) is 5.55. The summed E-state index contributed by atoms with van der Waals surface area (Å²) in [6.07, 6.45) is 1.83. The fraction of sp³-hybridized carbons (Fsp3) is 0.308. The molecule has 1 unspecified atom stereocenters. The first-order chi connectivity index (χ1) is 9.08. The van der Waals surface area contributed by atoms with Crippen molar-refractivity contribution in [1.29, 1.82) is 0 Å². The van der Waals surface area contributed by atoms with Crippen LogP contribution in [0.5, 0.6) is 0 Å². The third-order valence-corrected chi connectivity index (χ3v) is 4.51. The van der Waals surface area contributed by atoms with Gasteiger partial charge in [-0.25, -0.2) is 0 Å². The third kappa shape index (κ3) is 3.68. The Morgan fingerprint density at radius 3 is 3.00 bits per heavy atom. The summed E-state index contributed by atoms with van der Waals surface area (Å²) >= 11 is 4.70. The van der Waals surface area contributed by atoms with Crippen molar-refractivity contribution >= 4 is 33.2 Å². The van der Waals surface area contributed by atoms with E-state index in [1.807, 2.05) is 35.3 Å². The molecule has 0 bridgehead atoms. The first-order valence-corrected chi connectivity index (χ1v) is 7.56. The van der Waals surface area contributed by atoms with Gasteiger partial charge in [0.25, 0.3) is 5.91 Å². The zero-order chi connectivity index (χ0) is 13.8. The molecule has 0 saturated carbocycles. The normalized spacial score (nSPS) is 12.4. The highest BCUT2D eigenvalue weighted by Crippen LogP contribution is 2.20. The number of aryl methyl sites for hydroxylation is 1. The lowest BCUT2D eigenvalue weighted by atomic mass is 10.2. The molecule has 4 nitrogen and oxygen atoms in total. The number of amides is 1. The number of hydrogen-bond donors (Lipinski definition) is 2. The van der Waals surface area contributed by atoms with E-state index < -0.39 is 6.10 Å². The molecular formula is C13H15BrN2O2S. The van der Waals surface area contributed by atoms with Gasteiger partial charge in [0.05, 0.1) is 11.0 Å². The number of carbonyl (C=O) groups is 1. The number of aliphatic hydroxyl groups excluding tert-OH is 1.